The summed E-state index contributed by atoms with van der Waals surface area (Å²) in [5.74, 6) is -0.430. The lowest BCUT2D eigenvalue weighted by Gasteiger charge is -2.20. The third-order valence-corrected chi connectivity index (χ3v) is 6.18. The number of anilines is 1. The van der Waals surface area contributed by atoms with E-state index in [0.29, 0.717) is 32.5 Å². The van der Waals surface area contributed by atoms with E-state index in [1.54, 1.807) is 50.6 Å². The van der Waals surface area contributed by atoms with Crippen LogP contribution < -0.4 is 15.8 Å². The van der Waals surface area contributed by atoms with Crippen molar-refractivity contribution in [2.24, 2.45) is 0 Å². The van der Waals surface area contributed by atoms with Crippen molar-refractivity contribution in [1.82, 2.24) is 14.8 Å². The summed E-state index contributed by atoms with van der Waals surface area (Å²) in [5.41, 5.74) is 6.82. The summed E-state index contributed by atoms with van der Waals surface area (Å²) in [6.45, 7) is 4.95. The molecule has 2 unspecified atom stereocenters. The SMILES string of the molecule is CC(Oc1cc(-c2cnn(C(C)(C)C(=O)O)c2)cnc1N)c1c(Cl)ccc(P)c1Cl. The lowest BCUT2D eigenvalue weighted by molar-refractivity contribution is -0.146. The van der Waals surface area contributed by atoms with Crippen LogP contribution in [0, 0.1) is 0 Å². The maximum Gasteiger partial charge on any atom is 0.331 e. The first-order valence-corrected chi connectivity index (χ1v) is 10.3. The van der Waals surface area contributed by atoms with Gasteiger partial charge in [0.15, 0.2) is 17.1 Å². The van der Waals surface area contributed by atoms with Crippen LogP contribution in [0.2, 0.25) is 10.0 Å². The van der Waals surface area contributed by atoms with Gasteiger partial charge in [0.1, 0.15) is 6.10 Å². The minimum absolute atomic E-state index is 0.207. The van der Waals surface area contributed by atoms with Crippen molar-refractivity contribution in [3.8, 4) is 16.9 Å². The van der Waals surface area contributed by atoms with E-state index in [-0.39, 0.29) is 5.82 Å². The highest BCUT2D eigenvalue weighted by Gasteiger charge is 2.30. The lowest BCUT2D eigenvalue weighted by Crippen LogP contribution is -2.35. The number of halogens is 2. The molecule has 0 spiro atoms. The Morgan fingerprint density at radius 3 is 2.67 bits per heavy atom. The molecule has 2 heterocycles. The number of rotatable bonds is 6. The number of nitrogen functional groups attached to an aromatic ring is 1. The van der Waals surface area contributed by atoms with Crippen LogP contribution in [0.25, 0.3) is 11.1 Å². The molecule has 2 atom stereocenters. The van der Waals surface area contributed by atoms with E-state index in [1.165, 1.54) is 4.68 Å². The number of aliphatic carboxylic acids is 1. The second-order valence-corrected chi connectivity index (χ2v) is 8.68. The molecule has 7 nitrogen and oxygen atoms in total. The average Bonchev–Trinajstić information content (AvgIpc) is 3.17. The second kappa shape index (κ2) is 8.42. The van der Waals surface area contributed by atoms with E-state index >= 15 is 0 Å². The number of nitrogens with zero attached hydrogens (tertiary/aromatic N) is 3. The van der Waals surface area contributed by atoms with Crippen molar-refractivity contribution in [2.45, 2.75) is 32.4 Å². The minimum atomic E-state index is -1.19. The van der Waals surface area contributed by atoms with Crippen molar-refractivity contribution >= 4 is 49.5 Å². The molecule has 0 saturated carbocycles. The fourth-order valence-corrected chi connectivity index (χ4v) is 3.72. The predicted molar refractivity (Wildman–Crippen MR) is 122 cm³/mol. The Labute approximate surface area is 186 Å². The highest BCUT2D eigenvalue weighted by atomic mass is 35.5. The Bertz CT molecular complexity index is 1120. The van der Waals surface area contributed by atoms with E-state index in [4.69, 9.17) is 33.7 Å². The number of nitrogens with two attached hydrogens (primary N) is 1. The third kappa shape index (κ3) is 4.24. The number of aromatic nitrogens is 3. The molecule has 0 saturated heterocycles. The molecule has 0 aliphatic heterocycles. The molecule has 0 bridgehead atoms. The molecule has 3 N–H and O–H groups in total. The standard InChI is InChI=1S/C20H21Cl2N4O3P/c1-10(16-13(21)4-5-15(30)17(16)22)29-14-6-11(7-24-18(14)23)12-8-25-26(9-12)20(2,3)19(27)28/h4-10H,30H2,1-3H3,(H2,23,24)(H,27,28). The van der Waals surface area contributed by atoms with E-state index in [9.17, 15) is 9.90 Å². The first kappa shape index (κ1) is 22.3. The minimum Gasteiger partial charge on any atom is -0.482 e. The van der Waals surface area contributed by atoms with E-state index in [0.717, 1.165) is 5.30 Å². The van der Waals surface area contributed by atoms with Gasteiger partial charge in [-0.3, -0.25) is 4.68 Å². The zero-order valence-electron chi connectivity index (χ0n) is 16.6. The molecular formula is C20H21Cl2N4O3P. The Balaban J connectivity index is 1.93. The summed E-state index contributed by atoms with van der Waals surface area (Å²) < 4.78 is 7.42. The summed E-state index contributed by atoms with van der Waals surface area (Å²) in [6.07, 6.45) is 4.29. The summed E-state index contributed by atoms with van der Waals surface area (Å²) in [7, 11) is 2.55. The summed E-state index contributed by atoms with van der Waals surface area (Å²) in [4.78, 5) is 15.7. The maximum absolute atomic E-state index is 11.5. The highest BCUT2D eigenvalue weighted by Crippen LogP contribution is 2.35. The summed E-state index contributed by atoms with van der Waals surface area (Å²) >= 11 is 12.7. The molecule has 10 heteroatoms. The van der Waals surface area contributed by atoms with Crippen molar-refractivity contribution < 1.29 is 14.6 Å². The van der Waals surface area contributed by atoms with E-state index in [2.05, 4.69) is 19.3 Å². The number of benzene rings is 1. The van der Waals surface area contributed by atoms with Crippen molar-refractivity contribution in [3.05, 3.63) is 52.4 Å². The Hall–Kier alpha value is -2.34. The smallest absolute Gasteiger partial charge is 0.331 e. The molecule has 0 amide bonds. The van der Waals surface area contributed by atoms with Crippen LogP contribution in [-0.2, 0) is 10.3 Å². The highest BCUT2D eigenvalue weighted by molar-refractivity contribution is 7.28. The molecular weight excluding hydrogens is 446 g/mol. The number of pyridine rings is 1. The number of hydrogen-bond donors (Lipinski definition) is 2. The topological polar surface area (TPSA) is 103 Å². The normalized spacial score (nSPS) is 12.6. The van der Waals surface area contributed by atoms with Gasteiger partial charge in [0.05, 0.1) is 11.2 Å². The van der Waals surface area contributed by atoms with Gasteiger partial charge in [-0.05, 0) is 38.2 Å². The van der Waals surface area contributed by atoms with Crippen molar-refractivity contribution in [2.75, 3.05) is 5.73 Å². The van der Waals surface area contributed by atoms with Crippen LogP contribution in [0.5, 0.6) is 5.75 Å². The molecule has 158 valence electrons. The van der Waals surface area contributed by atoms with Crippen molar-refractivity contribution in [3.63, 3.8) is 0 Å². The average molecular weight is 467 g/mol. The molecule has 3 rings (SSSR count). The molecule has 0 fully saturated rings. The molecule has 0 aliphatic rings. The first-order valence-electron chi connectivity index (χ1n) is 8.96. The molecule has 0 aliphatic carbocycles. The quantitative estimate of drug-likeness (QED) is 0.525. The van der Waals surface area contributed by atoms with Gasteiger partial charge >= 0.3 is 5.97 Å². The van der Waals surface area contributed by atoms with Gasteiger partial charge in [-0.15, -0.1) is 9.24 Å². The van der Waals surface area contributed by atoms with Crippen LogP contribution in [0.15, 0.2) is 36.8 Å². The number of carbonyl (C=O) groups is 1. The zero-order valence-corrected chi connectivity index (χ0v) is 19.2. The van der Waals surface area contributed by atoms with Gasteiger partial charge < -0.3 is 15.6 Å². The third-order valence-electron chi connectivity index (χ3n) is 4.76. The molecule has 3 aromatic rings. The number of hydrogen-bond acceptors (Lipinski definition) is 5. The van der Waals surface area contributed by atoms with Gasteiger partial charge in [0.25, 0.3) is 0 Å². The molecule has 1 aromatic carbocycles. The number of carboxylic acids is 1. The Kier molecular flexibility index (Phi) is 6.27. The Morgan fingerprint density at radius 1 is 1.30 bits per heavy atom. The number of carboxylic acid groups (broad SMARTS) is 1. The molecule has 0 radical (unpaired) electrons. The number of ether oxygens (including phenoxy) is 1. The van der Waals surface area contributed by atoms with Crippen LogP contribution >= 0.6 is 32.4 Å². The van der Waals surface area contributed by atoms with Gasteiger partial charge in [-0.2, -0.15) is 5.10 Å². The van der Waals surface area contributed by atoms with E-state index < -0.39 is 17.6 Å². The van der Waals surface area contributed by atoms with Crippen molar-refractivity contribution in [1.29, 1.82) is 0 Å². The monoisotopic (exact) mass is 466 g/mol. The van der Waals surface area contributed by atoms with Crippen LogP contribution in [0.4, 0.5) is 5.82 Å². The zero-order chi connectivity index (χ0) is 22.2. The first-order chi connectivity index (χ1) is 14.0. The fraction of sp³-hybridized carbons (Fsp3) is 0.250. The Morgan fingerprint density at radius 2 is 2.00 bits per heavy atom. The predicted octanol–water partition coefficient (Wildman–Crippen LogP) is 4.29. The molecule has 30 heavy (non-hydrogen) atoms. The summed E-state index contributed by atoms with van der Waals surface area (Å²) in [6, 6.07) is 5.28. The summed E-state index contributed by atoms with van der Waals surface area (Å²) in [5, 5.41) is 15.4. The maximum atomic E-state index is 11.5. The van der Waals surface area contributed by atoms with Gasteiger partial charge in [-0.25, -0.2) is 9.78 Å². The van der Waals surface area contributed by atoms with E-state index in [1.807, 2.05) is 6.92 Å². The van der Waals surface area contributed by atoms with Gasteiger partial charge in [-0.1, -0.05) is 29.3 Å². The molecule has 2 aromatic heterocycles. The van der Waals surface area contributed by atoms with Crippen LogP contribution in [-0.4, -0.2) is 25.8 Å². The lowest BCUT2D eigenvalue weighted by atomic mass is 10.1. The largest absolute Gasteiger partial charge is 0.482 e. The van der Waals surface area contributed by atoms with Gasteiger partial charge in [0, 0.05) is 34.1 Å². The second-order valence-electron chi connectivity index (χ2n) is 7.27. The van der Waals surface area contributed by atoms with Gasteiger partial charge in [0.2, 0.25) is 0 Å². The fourth-order valence-electron chi connectivity index (χ4n) is 2.79. The van der Waals surface area contributed by atoms with Crippen LogP contribution in [0.3, 0.4) is 0 Å². The van der Waals surface area contributed by atoms with Crippen LogP contribution in [0.1, 0.15) is 32.4 Å².